The molecule has 1 aliphatic rings. The number of thiazole rings is 1. The van der Waals surface area contributed by atoms with Crippen molar-refractivity contribution < 1.29 is 23.1 Å². The highest BCUT2D eigenvalue weighted by molar-refractivity contribution is 7.10. The number of hydrogen-bond acceptors (Lipinski definition) is 5. The normalized spacial score (nSPS) is 15.8. The van der Waals surface area contributed by atoms with Gasteiger partial charge in [0.1, 0.15) is 24.0 Å². The van der Waals surface area contributed by atoms with Crippen molar-refractivity contribution in [2.45, 2.75) is 18.9 Å². The molecule has 0 bridgehead atoms. The number of hydrogen-bond donors (Lipinski definition) is 0. The van der Waals surface area contributed by atoms with Gasteiger partial charge in [-0.15, -0.1) is 0 Å². The second-order valence-corrected chi connectivity index (χ2v) is 7.73. The van der Waals surface area contributed by atoms with E-state index >= 15 is 0 Å². The molecule has 2 aromatic carbocycles. The molecule has 9 heteroatoms. The number of anilines is 2. The second-order valence-electron chi connectivity index (χ2n) is 6.73. The molecule has 1 aliphatic heterocycles. The van der Waals surface area contributed by atoms with Crippen LogP contribution in [0.15, 0.2) is 53.3 Å². The van der Waals surface area contributed by atoms with Gasteiger partial charge in [0.2, 0.25) is 5.91 Å². The van der Waals surface area contributed by atoms with Crippen LogP contribution < -0.4 is 9.77 Å². The molecular weight excluding hydrogens is 414 g/mol. The van der Waals surface area contributed by atoms with E-state index in [-0.39, 0.29) is 24.7 Å². The van der Waals surface area contributed by atoms with Crippen LogP contribution in [0.4, 0.5) is 20.3 Å². The summed E-state index contributed by atoms with van der Waals surface area (Å²) >= 11 is 0.918. The Morgan fingerprint density at radius 2 is 1.67 bits per heavy atom. The van der Waals surface area contributed by atoms with E-state index in [1.165, 1.54) is 53.0 Å². The zero-order valence-corrected chi connectivity index (χ0v) is 16.6. The largest absolute Gasteiger partial charge is 0.468 e. The number of halogens is 2. The number of aromatic nitrogens is 1. The molecule has 0 aliphatic carbocycles. The second kappa shape index (κ2) is 7.83. The molecular formula is C21H16F2N2O4S. The molecule has 6 nitrogen and oxygen atoms in total. The van der Waals surface area contributed by atoms with E-state index in [9.17, 15) is 23.2 Å². The molecule has 0 saturated heterocycles. The van der Waals surface area contributed by atoms with Crippen LogP contribution in [0.1, 0.15) is 22.8 Å². The molecule has 1 amide bonds. The maximum Gasteiger partial charge on any atom is 0.325 e. The number of methoxy groups -OCH3 is 1. The number of esters is 1. The number of carbonyl (C=O) groups is 2. The summed E-state index contributed by atoms with van der Waals surface area (Å²) in [6.45, 7) is -0.373. The van der Waals surface area contributed by atoms with Crippen molar-refractivity contribution in [2.75, 3.05) is 12.0 Å². The first-order valence-electron chi connectivity index (χ1n) is 9.03. The molecule has 30 heavy (non-hydrogen) atoms. The van der Waals surface area contributed by atoms with Crippen molar-refractivity contribution in [1.82, 2.24) is 4.57 Å². The Labute approximate surface area is 173 Å². The number of carbonyl (C=O) groups excluding carboxylic acids is 2. The summed E-state index contributed by atoms with van der Waals surface area (Å²) in [5.74, 6) is -2.09. The highest BCUT2D eigenvalue weighted by Crippen LogP contribution is 2.44. The minimum absolute atomic E-state index is 0.0359. The van der Waals surface area contributed by atoms with Gasteiger partial charge in [-0.25, -0.2) is 8.78 Å². The molecule has 4 rings (SSSR count). The van der Waals surface area contributed by atoms with Crippen LogP contribution in [0.25, 0.3) is 0 Å². The van der Waals surface area contributed by atoms with Gasteiger partial charge in [0.15, 0.2) is 0 Å². The number of amides is 1. The van der Waals surface area contributed by atoms with Gasteiger partial charge in [-0.1, -0.05) is 23.5 Å². The average molecular weight is 430 g/mol. The van der Waals surface area contributed by atoms with Crippen molar-refractivity contribution in [1.29, 1.82) is 0 Å². The van der Waals surface area contributed by atoms with Crippen molar-refractivity contribution >= 4 is 34.7 Å². The van der Waals surface area contributed by atoms with E-state index in [2.05, 4.69) is 4.74 Å². The van der Waals surface area contributed by atoms with E-state index in [4.69, 9.17) is 0 Å². The third-order valence-electron chi connectivity index (χ3n) is 4.92. The summed E-state index contributed by atoms with van der Waals surface area (Å²) in [5.41, 5.74) is 1.05. The molecule has 0 saturated carbocycles. The van der Waals surface area contributed by atoms with Gasteiger partial charge in [-0.3, -0.25) is 23.9 Å². The van der Waals surface area contributed by atoms with Crippen molar-refractivity contribution in [2.24, 2.45) is 0 Å². The standard InChI is InChI=1S/C21H16F2N2O4S/c1-29-18(27)11-24-20-19(30-21(24)28)16(12-2-4-13(22)5-3-12)10-17(26)25(20)15-8-6-14(23)7-9-15/h2-9,16H,10-11H2,1H3/t16-/m0/s1. The minimum Gasteiger partial charge on any atom is -0.468 e. The number of benzene rings is 2. The minimum atomic E-state index is -0.645. The summed E-state index contributed by atoms with van der Waals surface area (Å²) in [7, 11) is 1.20. The predicted molar refractivity (Wildman–Crippen MR) is 107 cm³/mol. The molecule has 3 aromatic rings. The molecule has 1 atom stereocenters. The smallest absolute Gasteiger partial charge is 0.325 e. The molecule has 2 heterocycles. The maximum atomic E-state index is 13.4. The third kappa shape index (κ3) is 3.52. The number of nitrogens with zero attached hydrogens (tertiary/aromatic N) is 2. The lowest BCUT2D eigenvalue weighted by atomic mass is 9.90. The Balaban J connectivity index is 1.91. The fourth-order valence-electron chi connectivity index (χ4n) is 3.50. The SMILES string of the molecule is COC(=O)Cn1c2c(sc1=O)[C@H](c1ccc(F)cc1)CC(=O)N2c1ccc(F)cc1. The molecule has 1 aromatic heterocycles. The summed E-state index contributed by atoms with van der Waals surface area (Å²) in [6.07, 6.45) is 0.0359. The summed E-state index contributed by atoms with van der Waals surface area (Å²) in [6, 6.07) is 11.0. The van der Waals surface area contributed by atoms with E-state index < -0.39 is 28.4 Å². The topological polar surface area (TPSA) is 68.6 Å². The third-order valence-corrected chi connectivity index (χ3v) is 6.00. The van der Waals surface area contributed by atoms with Gasteiger partial charge in [-0.05, 0) is 42.0 Å². The van der Waals surface area contributed by atoms with Crippen molar-refractivity contribution in [3.63, 3.8) is 0 Å². The number of ether oxygens (including phenoxy) is 1. The van der Waals surface area contributed by atoms with Crippen LogP contribution in [0.2, 0.25) is 0 Å². The fourth-order valence-corrected chi connectivity index (χ4v) is 4.61. The van der Waals surface area contributed by atoms with Gasteiger partial charge in [0.25, 0.3) is 0 Å². The van der Waals surface area contributed by atoms with Crippen LogP contribution in [0.5, 0.6) is 0 Å². The van der Waals surface area contributed by atoms with Crippen LogP contribution in [0.3, 0.4) is 0 Å². The van der Waals surface area contributed by atoms with Crippen LogP contribution in [-0.4, -0.2) is 23.6 Å². The number of rotatable bonds is 4. The lowest BCUT2D eigenvalue weighted by Crippen LogP contribution is -2.36. The van der Waals surface area contributed by atoms with Crippen molar-refractivity contribution in [3.05, 3.63) is 80.3 Å². The first-order valence-corrected chi connectivity index (χ1v) is 9.85. The summed E-state index contributed by atoms with van der Waals surface area (Å²) < 4.78 is 32.7. The Morgan fingerprint density at radius 3 is 2.27 bits per heavy atom. The van der Waals surface area contributed by atoms with Crippen LogP contribution >= 0.6 is 11.3 Å². The molecule has 0 N–H and O–H groups in total. The van der Waals surface area contributed by atoms with E-state index in [0.717, 1.165) is 11.3 Å². The van der Waals surface area contributed by atoms with E-state index in [1.54, 1.807) is 12.1 Å². The predicted octanol–water partition coefficient (Wildman–Crippen LogP) is 3.56. The summed E-state index contributed by atoms with van der Waals surface area (Å²) in [4.78, 5) is 39.2. The molecule has 154 valence electrons. The van der Waals surface area contributed by atoms with E-state index in [0.29, 0.717) is 16.1 Å². The summed E-state index contributed by atoms with van der Waals surface area (Å²) in [5, 5.41) is 0. The van der Waals surface area contributed by atoms with Crippen LogP contribution in [0, 0.1) is 11.6 Å². The Kier molecular flexibility index (Phi) is 5.21. The molecule has 0 radical (unpaired) electrons. The van der Waals surface area contributed by atoms with Gasteiger partial charge >= 0.3 is 10.8 Å². The molecule has 0 spiro atoms. The highest BCUT2D eigenvalue weighted by Gasteiger charge is 2.38. The lowest BCUT2D eigenvalue weighted by molar-refractivity contribution is -0.141. The first-order chi connectivity index (χ1) is 14.4. The molecule has 0 unspecified atom stereocenters. The Bertz CT molecular complexity index is 1170. The monoisotopic (exact) mass is 430 g/mol. The van der Waals surface area contributed by atoms with E-state index in [1.807, 2.05) is 0 Å². The highest BCUT2D eigenvalue weighted by atomic mass is 32.1. The zero-order chi connectivity index (χ0) is 21.4. The maximum absolute atomic E-state index is 13.4. The Hall–Kier alpha value is -3.33. The first kappa shape index (κ1) is 20.0. The molecule has 0 fully saturated rings. The number of fused-ring (bicyclic) bond motifs is 1. The lowest BCUT2D eigenvalue weighted by Gasteiger charge is -2.32. The average Bonchev–Trinajstić information content (AvgIpc) is 3.05. The quantitative estimate of drug-likeness (QED) is 0.594. The zero-order valence-electron chi connectivity index (χ0n) is 15.8. The fraction of sp³-hybridized carbons (Fsp3) is 0.190. The van der Waals surface area contributed by atoms with Crippen LogP contribution in [-0.2, 0) is 20.9 Å². The van der Waals surface area contributed by atoms with Gasteiger partial charge < -0.3 is 4.74 Å². The van der Waals surface area contributed by atoms with Crippen molar-refractivity contribution in [3.8, 4) is 0 Å². The van der Waals surface area contributed by atoms with Gasteiger partial charge in [0.05, 0.1) is 17.7 Å². The van der Waals surface area contributed by atoms with Gasteiger partial charge in [0, 0.05) is 12.3 Å². The van der Waals surface area contributed by atoms with Gasteiger partial charge in [-0.2, -0.15) is 0 Å². The Morgan fingerprint density at radius 1 is 1.07 bits per heavy atom.